The van der Waals surface area contributed by atoms with Crippen LogP contribution in [0.1, 0.15) is 25.3 Å². The minimum absolute atomic E-state index is 0.161. The molecule has 1 aromatic heterocycles. The highest BCUT2D eigenvalue weighted by Crippen LogP contribution is 2.28. The van der Waals surface area contributed by atoms with Crippen molar-refractivity contribution >= 4 is 11.9 Å². The molecule has 1 saturated carbocycles. The summed E-state index contributed by atoms with van der Waals surface area (Å²) in [6.45, 7) is 4.48. The number of nitrogens with one attached hydrogen (secondary N) is 3. The van der Waals surface area contributed by atoms with Crippen LogP contribution in [-0.4, -0.2) is 43.6 Å². The van der Waals surface area contributed by atoms with Crippen LogP contribution in [0, 0.1) is 5.92 Å². The number of hydrogen-bond acceptors (Lipinski definition) is 4. The van der Waals surface area contributed by atoms with Gasteiger partial charge in [0.25, 0.3) is 0 Å². The Morgan fingerprint density at radius 2 is 2.13 bits per heavy atom. The molecule has 0 aromatic carbocycles. The normalized spacial score (nSPS) is 14.3. The summed E-state index contributed by atoms with van der Waals surface area (Å²) in [5, 5.41) is 9.30. The monoisotopic (exact) mass is 319 g/mol. The highest BCUT2D eigenvalue weighted by Gasteiger charge is 2.28. The number of ether oxygens (including phenoxy) is 1. The molecule has 7 heteroatoms. The molecule has 126 valence electrons. The molecule has 0 atom stereocenters. The molecule has 0 unspecified atom stereocenters. The molecule has 23 heavy (non-hydrogen) atoms. The fourth-order valence-electron chi connectivity index (χ4n) is 2.09. The third-order valence-corrected chi connectivity index (χ3v) is 3.46. The quantitative estimate of drug-likeness (QED) is 0.372. The third kappa shape index (κ3) is 5.77. The van der Waals surface area contributed by atoms with Crippen molar-refractivity contribution in [2.45, 2.75) is 26.3 Å². The molecule has 0 spiro atoms. The number of guanidine groups is 1. The SMILES string of the molecule is CCNC(=NCc1cccnc1OC)NCCNC(=O)C1CC1. The van der Waals surface area contributed by atoms with Crippen LogP contribution >= 0.6 is 0 Å². The Balaban J connectivity index is 1.80. The van der Waals surface area contributed by atoms with Crippen LogP contribution < -0.4 is 20.7 Å². The molecule has 0 saturated heterocycles. The fraction of sp³-hybridized carbons (Fsp3) is 0.562. The van der Waals surface area contributed by atoms with Crippen molar-refractivity contribution < 1.29 is 9.53 Å². The lowest BCUT2D eigenvalue weighted by atomic mass is 10.3. The first kappa shape index (κ1) is 17.1. The molecule has 1 aliphatic carbocycles. The van der Waals surface area contributed by atoms with Gasteiger partial charge < -0.3 is 20.7 Å². The van der Waals surface area contributed by atoms with Crippen LogP contribution in [0.4, 0.5) is 0 Å². The van der Waals surface area contributed by atoms with Gasteiger partial charge in [0, 0.05) is 37.3 Å². The molecule has 1 heterocycles. The lowest BCUT2D eigenvalue weighted by molar-refractivity contribution is -0.122. The van der Waals surface area contributed by atoms with E-state index in [1.165, 1.54) is 0 Å². The van der Waals surface area contributed by atoms with Gasteiger partial charge in [0.05, 0.1) is 13.7 Å². The van der Waals surface area contributed by atoms with Crippen molar-refractivity contribution in [3.63, 3.8) is 0 Å². The van der Waals surface area contributed by atoms with Gasteiger partial charge in [0.1, 0.15) is 0 Å². The molecule has 0 bridgehead atoms. The van der Waals surface area contributed by atoms with Gasteiger partial charge in [-0.2, -0.15) is 0 Å². The molecule has 0 aliphatic heterocycles. The van der Waals surface area contributed by atoms with E-state index >= 15 is 0 Å². The van der Waals surface area contributed by atoms with E-state index in [9.17, 15) is 4.79 Å². The van der Waals surface area contributed by atoms with Gasteiger partial charge in [-0.05, 0) is 25.8 Å². The van der Waals surface area contributed by atoms with E-state index in [-0.39, 0.29) is 11.8 Å². The Labute approximate surface area is 136 Å². The van der Waals surface area contributed by atoms with Gasteiger partial charge >= 0.3 is 0 Å². The number of aromatic nitrogens is 1. The standard InChI is InChI=1S/C16H25N5O2/c1-3-17-16(20-10-9-18-14(22)12-6-7-12)21-11-13-5-4-8-19-15(13)23-2/h4-5,8,12H,3,6-7,9-11H2,1-2H3,(H,18,22)(H2,17,20,21). The number of nitrogens with zero attached hydrogens (tertiary/aromatic N) is 2. The summed E-state index contributed by atoms with van der Waals surface area (Å²) in [5.74, 6) is 1.70. The predicted octanol–water partition coefficient (Wildman–Crippen LogP) is 0.672. The Hall–Kier alpha value is -2.31. The number of amides is 1. The van der Waals surface area contributed by atoms with E-state index in [0.29, 0.717) is 31.5 Å². The minimum Gasteiger partial charge on any atom is -0.481 e. The summed E-state index contributed by atoms with van der Waals surface area (Å²) in [6.07, 6.45) is 3.74. The van der Waals surface area contributed by atoms with E-state index in [1.807, 2.05) is 19.1 Å². The van der Waals surface area contributed by atoms with Crippen molar-refractivity contribution in [2.24, 2.45) is 10.9 Å². The summed E-state index contributed by atoms with van der Waals surface area (Å²) in [7, 11) is 1.60. The Morgan fingerprint density at radius 3 is 2.83 bits per heavy atom. The van der Waals surface area contributed by atoms with Crippen molar-refractivity contribution in [1.29, 1.82) is 0 Å². The molecule has 1 fully saturated rings. The lowest BCUT2D eigenvalue weighted by Gasteiger charge is -2.12. The molecule has 2 rings (SSSR count). The smallest absolute Gasteiger partial charge is 0.223 e. The highest BCUT2D eigenvalue weighted by molar-refractivity contribution is 5.81. The van der Waals surface area contributed by atoms with Gasteiger partial charge in [-0.15, -0.1) is 0 Å². The maximum atomic E-state index is 11.6. The number of rotatable bonds is 8. The third-order valence-electron chi connectivity index (χ3n) is 3.46. The predicted molar refractivity (Wildman–Crippen MR) is 89.3 cm³/mol. The maximum absolute atomic E-state index is 11.6. The van der Waals surface area contributed by atoms with Crippen molar-refractivity contribution in [3.05, 3.63) is 23.9 Å². The van der Waals surface area contributed by atoms with E-state index in [0.717, 1.165) is 24.9 Å². The largest absolute Gasteiger partial charge is 0.481 e. The molecule has 0 radical (unpaired) electrons. The van der Waals surface area contributed by atoms with Crippen LogP contribution in [0.15, 0.2) is 23.3 Å². The molecular formula is C16H25N5O2. The first-order valence-electron chi connectivity index (χ1n) is 8.02. The molecule has 1 aromatic rings. The van der Waals surface area contributed by atoms with Crippen LogP contribution in [0.3, 0.4) is 0 Å². The van der Waals surface area contributed by atoms with Crippen molar-refractivity contribution in [1.82, 2.24) is 20.9 Å². The maximum Gasteiger partial charge on any atom is 0.223 e. The molecule has 3 N–H and O–H groups in total. The van der Waals surface area contributed by atoms with Crippen molar-refractivity contribution in [3.8, 4) is 5.88 Å². The molecular weight excluding hydrogens is 294 g/mol. The van der Waals surface area contributed by atoms with E-state index < -0.39 is 0 Å². The van der Waals surface area contributed by atoms with Crippen LogP contribution in [0.2, 0.25) is 0 Å². The Bertz CT molecular complexity index is 543. The number of carbonyl (C=O) groups is 1. The van der Waals surface area contributed by atoms with Crippen LogP contribution in [0.25, 0.3) is 0 Å². The number of pyridine rings is 1. The van der Waals surface area contributed by atoms with Gasteiger partial charge in [0.2, 0.25) is 11.8 Å². The van der Waals surface area contributed by atoms with E-state index in [2.05, 4.69) is 25.9 Å². The van der Waals surface area contributed by atoms with Crippen LogP contribution in [0.5, 0.6) is 5.88 Å². The Morgan fingerprint density at radius 1 is 1.35 bits per heavy atom. The summed E-state index contributed by atoms with van der Waals surface area (Å²) in [4.78, 5) is 20.2. The van der Waals surface area contributed by atoms with Gasteiger partial charge in [-0.3, -0.25) is 4.79 Å². The molecule has 1 aliphatic rings. The summed E-state index contributed by atoms with van der Waals surface area (Å²) in [5.41, 5.74) is 0.925. The number of aliphatic imine (C=N–C) groups is 1. The number of methoxy groups -OCH3 is 1. The topological polar surface area (TPSA) is 87.6 Å². The molecule has 7 nitrogen and oxygen atoms in total. The zero-order valence-electron chi connectivity index (χ0n) is 13.8. The summed E-state index contributed by atoms with van der Waals surface area (Å²) < 4.78 is 5.22. The van der Waals surface area contributed by atoms with Gasteiger partial charge in [0.15, 0.2) is 5.96 Å². The zero-order chi connectivity index (χ0) is 16.5. The summed E-state index contributed by atoms with van der Waals surface area (Å²) >= 11 is 0. The minimum atomic E-state index is 0.161. The average molecular weight is 319 g/mol. The first-order chi connectivity index (χ1) is 11.2. The number of hydrogen-bond donors (Lipinski definition) is 3. The van der Waals surface area contributed by atoms with Crippen molar-refractivity contribution in [2.75, 3.05) is 26.7 Å². The van der Waals surface area contributed by atoms with Crippen LogP contribution in [-0.2, 0) is 11.3 Å². The second-order valence-corrected chi connectivity index (χ2v) is 5.36. The van der Waals surface area contributed by atoms with Gasteiger partial charge in [-0.1, -0.05) is 6.07 Å². The average Bonchev–Trinajstić information content (AvgIpc) is 3.41. The second kappa shape index (κ2) is 8.97. The molecule has 1 amide bonds. The summed E-state index contributed by atoms with van der Waals surface area (Å²) in [6, 6.07) is 3.80. The fourth-order valence-corrected chi connectivity index (χ4v) is 2.09. The first-order valence-corrected chi connectivity index (χ1v) is 8.02. The lowest BCUT2D eigenvalue weighted by Crippen LogP contribution is -2.41. The highest BCUT2D eigenvalue weighted by atomic mass is 16.5. The Kier molecular flexibility index (Phi) is 6.65. The zero-order valence-corrected chi connectivity index (χ0v) is 13.8. The van der Waals surface area contributed by atoms with Gasteiger partial charge in [-0.25, -0.2) is 9.98 Å². The second-order valence-electron chi connectivity index (χ2n) is 5.36. The van der Waals surface area contributed by atoms with E-state index in [1.54, 1.807) is 13.3 Å². The van der Waals surface area contributed by atoms with E-state index in [4.69, 9.17) is 4.74 Å². The number of carbonyl (C=O) groups excluding carboxylic acids is 1.